The van der Waals surface area contributed by atoms with Gasteiger partial charge in [-0.15, -0.1) is 0 Å². The van der Waals surface area contributed by atoms with Crippen molar-refractivity contribution in [1.82, 2.24) is 15.3 Å². The fourth-order valence-corrected chi connectivity index (χ4v) is 1.54. The lowest BCUT2D eigenvalue weighted by atomic mass is 10.3. The van der Waals surface area contributed by atoms with E-state index >= 15 is 0 Å². The van der Waals surface area contributed by atoms with E-state index in [2.05, 4.69) is 15.3 Å². The van der Waals surface area contributed by atoms with Crippen LogP contribution in [-0.2, 0) is 0 Å². The second-order valence-electron chi connectivity index (χ2n) is 3.86. The van der Waals surface area contributed by atoms with Gasteiger partial charge in [0, 0.05) is 17.6 Å². The minimum atomic E-state index is -0.0750. The van der Waals surface area contributed by atoms with Crippen molar-refractivity contribution in [2.24, 2.45) is 0 Å². The first kappa shape index (κ1) is 8.47. The van der Waals surface area contributed by atoms with Gasteiger partial charge in [-0.25, -0.2) is 4.98 Å². The Morgan fingerprint density at radius 2 is 2.27 bits per heavy atom. The number of nitrogens with one attached hydrogen (secondary N) is 2. The van der Waals surface area contributed by atoms with Crippen molar-refractivity contribution in [1.29, 1.82) is 0 Å². The van der Waals surface area contributed by atoms with Crippen LogP contribution in [-0.4, -0.2) is 21.9 Å². The van der Waals surface area contributed by atoms with Gasteiger partial charge in [0.1, 0.15) is 11.3 Å². The molecule has 2 N–H and O–H groups in total. The molecule has 1 aliphatic rings. The van der Waals surface area contributed by atoms with Crippen LogP contribution < -0.4 is 5.32 Å². The van der Waals surface area contributed by atoms with Crippen LogP contribution in [0.15, 0.2) is 24.4 Å². The molecular formula is C11H11N3O. The Balaban J connectivity index is 1.91. The normalized spacial score (nSPS) is 15.5. The highest BCUT2D eigenvalue weighted by atomic mass is 16.2. The SMILES string of the molecule is O=C(NC1CC1)c1ccc2cc[nH]c2n1. The highest BCUT2D eigenvalue weighted by Gasteiger charge is 2.24. The summed E-state index contributed by atoms with van der Waals surface area (Å²) < 4.78 is 0. The van der Waals surface area contributed by atoms with Gasteiger partial charge in [-0.05, 0) is 31.0 Å². The van der Waals surface area contributed by atoms with Crippen LogP contribution in [0.2, 0.25) is 0 Å². The van der Waals surface area contributed by atoms with E-state index in [1.54, 1.807) is 6.07 Å². The summed E-state index contributed by atoms with van der Waals surface area (Å²) in [6.07, 6.45) is 4.01. The zero-order chi connectivity index (χ0) is 10.3. The predicted octanol–water partition coefficient (Wildman–Crippen LogP) is 1.46. The highest BCUT2D eigenvalue weighted by molar-refractivity contribution is 5.94. The molecule has 15 heavy (non-hydrogen) atoms. The first-order valence-electron chi connectivity index (χ1n) is 5.08. The molecule has 2 aromatic rings. The summed E-state index contributed by atoms with van der Waals surface area (Å²) in [5.41, 5.74) is 1.25. The molecule has 0 atom stereocenters. The summed E-state index contributed by atoms with van der Waals surface area (Å²) in [4.78, 5) is 18.9. The van der Waals surface area contributed by atoms with Crippen molar-refractivity contribution in [3.8, 4) is 0 Å². The van der Waals surface area contributed by atoms with Crippen molar-refractivity contribution >= 4 is 16.9 Å². The van der Waals surface area contributed by atoms with E-state index in [0.717, 1.165) is 23.9 Å². The minimum absolute atomic E-state index is 0.0750. The van der Waals surface area contributed by atoms with Crippen LogP contribution in [0.25, 0.3) is 11.0 Å². The van der Waals surface area contributed by atoms with Crippen molar-refractivity contribution in [2.75, 3.05) is 0 Å². The lowest BCUT2D eigenvalue weighted by Crippen LogP contribution is -2.26. The molecule has 1 amide bonds. The largest absolute Gasteiger partial charge is 0.348 e. The molecule has 0 unspecified atom stereocenters. The lowest BCUT2D eigenvalue weighted by molar-refractivity contribution is 0.0946. The van der Waals surface area contributed by atoms with Crippen LogP contribution >= 0.6 is 0 Å². The first-order chi connectivity index (χ1) is 7.33. The Morgan fingerprint density at radius 3 is 3.07 bits per heavy atom. The third-order valence-electron chi connectivity index (χ3n) is 2.55. The number of aromatic amines is 1. The number of carbonyl (C=O) groups excluding carboxylic acids is 1. The first-order valence-corrected chi connectivity index (χ1v) is 5.08. The van der Waals surface area contributed by atoms with Gasteiger partial charge < -0.3 is 10.3 Å². The summed E-state index contributed by atoms with van der Waals surface area (Å²) >= 11 is 0. The van der Waals surface area contributed by atoms with Gasteiger partial charge in [0.05, 0.1) is 0 Å². The summed E-state index contributed by atoms with van der Waals surface area (Å²) in [6, 6.07) is 5.97. The maximum absolute atomic E-state index is 11.7. The Bertz CT molecular complexity index is 513. The quantitative estimate of drug-likeness (QED) is 0.772. The topological polar surface area (TPSA) is 57.8 Å². The number of H-pyrrole nitrogens is 1. The Kier molecular flexibility index (Phi) is 1.74. The fraction of sp³-hybridized carbons (Fsp3) is 0.273. The monoisotopic (exact) mass is 201 g/mol. The zero-order valence-corrected chi connectivity index (χ0v) is 8.16. The lowest BCUT2D eigenvalue weighted by Gasteiger charge is -2.01. The fourth-order valence-electron chi connectivity index (χ4n) is 1.54. The molecule has 0 radical (unpaired) electrons. The smallest absolute Gasteiger partial charge is 0.270 e. The Morgan fingerprint density at radius 1 is 1.40 bits per heavy atom. The van der Waals surface area contributed by atoms with Gasteiger partial charge in [-0.3, -0.25) is 4.79 Å². The van der Waals surface area contributed by atoms with Crippen LogP contribution in [0.3, 0.4) is 0 Å². The van der Waals surface area contributed by atoms with Crippen LogP contribution in [0.5, 0.6) is 0 Å². The van der Waals surface area contributed by atoms with E-state index in [1.165, 1.54) is 0 Å². The summed E-state index contributed by atoms with van der Waals surface area (Å²) in [5, 5.41) is 3.94. The van der Waals surface area contributed by atoms with Crippen molar-refractivity contribution < 1.29 is 4.79 Å². The molecule has 2 aromatic heterocycles. The van der Waals surface area contributed by atoms with E-state index in [9.17, 15) is 4.79 Å². The van der Waals surface area contributed by atoms with Gasteiger partial charge >= 0.3 is 0 Å². The van der Waals surface area contributed by atoms with Crippen molar-refractivity contribution in [3.63, 3.8) is 0 Å². The summed E-state index contributed by atoms with van der Waals surface area (Å²) in [6.45, 7) is 0. The Hall–Kier alpha value is -1.84. The minimum Gasteiger partial charge on any atom is -0.348 e. The number of amides is 1. The van der Waals surface area contributed by atoms with Gasteiger partial charge in [0.15, 0.2) is 0 Å². The number of aromatic nitrogens is 2. The van der Waals surface area contributed by atoms with Gasteiger partial charge in [0.2, 0.25) is 0 Å². The molecule has 0 spiro atoms. The molecule has 4 heteroatoms. The van der Waals surface area contributed by atoms with E-state index < -0.39 is 0 Å². The molecule has 1 fully saturated rings. The highest BCUT2D eigenvalue weighted by Crippen LogP contribution is 2.19. The number of nitrogens with zero attached hydrogens (tertiary/aromatic N) is 1. The molecule has 2 heterocycles. The second-order valence-corrected chi connectivity index (χ2v) is 3.86. The van der Waals surface area contributed by atoms with E-state index in [0.29, 0.717) is 11.7 Å². The summed E-state index contributed by atoms with van der Waals surface area (Å²) in [7, 11) is 0. The standard InChI is InChI=1S/C11H11N3O/c15-11(13-8-2-3-8)9-4-1-7-5-6-12-10(7)14-9/h1,4-6,8H,2-3H2,(H,12,14)(H,13,15). The third-order valence-corrected chi connectivity index (χ3v) is 2.55. The number of fused-ring (bicyclic) bond motifs is 1. The van der Waals surface area contributed by atoms with Crippen LogP contribution in [0.4, 0.5) is 0 Å². The van der Waals surface area contributed by atoms with Crippen LogP contribution in [0.1, 0.15) is 23.3 Å². The number of carbonyl (C=O) groups is 1. The van der Waals surface area contributed by atoms with E-state index in [1.807, 2.05) is 18.3 Å². The predicted molar refractivity (Wildman–Crippen MR) is 56.6 cm³/mol. The number of hydrogen-bond acceptors (Lipinski definition) is 2. The molecule has 4 nitrogen and oxygen atoms in total. The Labute approximate surface area is 86.7 Å². The molecule has 1 aliphatic carbocycles. The number of pyridine rings is 1. The summed E-state index contributed by atoms with van der Waals surface area (Å²) in [5.74, 6) is -0.0750. The molecule has 76 valence electrons. The maximum Gasteiger partial charge on any atom is 0.270 e. The molecule has 0 aliphatic heterocycles. The molecule has 0 aromatic carbocycles. The van der Waals surface area contributed by atoms with Crippen molar-refractivity contribution in [3.05, 3.63) is 30.1 Å². The molecule has 1 saturated carbocycles. The van der Waals surface area contributed by atoms with E-state index in [4.69, 9.17) is 0 Å². The van der Waals surface area contributed by atoms with Gasteiger partial charge in [0.25, 0.3) is 5.91 Å². The third kappa shape index (κ3) is 1.58. The number of rotatable bonds is 2. The molecule has 3 rings (SSSR count). The maximum atomic E-state index is 11.7. The molecular weight excluding hydrogens is 190 g/mol. The average molecular weight is 201 g/mol. The second kappa shape index (κ2) is 3.08. The van der Waals surface area contributed by atoms with Gasteiger partial charge in [-0.2, -0.15) is 0 Å². The number of hydrogen-bond donors (Lipinski definition) is 2. The van der Waals surface area contributed by atoms with Crippen molar-refractivity contribution in [2.45, 2.75) is 18.9 Å². The molecule has 0 bridgehead atoms. The van der Waals surface area contributed by atoms with Crippen LogP contribution in [0, 0.1) is 0 Å². The van der Waals surface area contributed by atoms with Gasteiger partial charge in [-0.1, -0.05) is 0 Å². The average Bonchev–Trinajstić information content (AvgIpc) is 2.94. The molecule has 0 saturated heterocycles. The van der Waals surface area contributed by atoms with E-state index in [-0.39, 0.29) is 5.91 Å². The zero-order valence-electron chi connectivity index (χ0n) is 8.16.